The number of fused-ring (bicyclic) bond motifs is 2. The first-order valence-corrected chi connectivity index (χ1v) is 5.91. The number of nitrogen functional groups attached to an aromatic ring is 1. The van der Waals surface area contributed by atoms with E-state index in [1.807, 2.05) is 19.1 Å². The molecule has 3 rings (SSSR count). The van der Waals surface area contributed by atoms with E-state index in [2.05, 4.69) is 4.98 Å². The number of nitrogens with two attached hydrogens (primary N) is 1. The number of benzene rings is 1. The SMILES string of the molecule is Cc1cc2c(N)c3c(nc2cc1Cl)CCC3. The van der Waals surface area contributed by atoms with Crippen molar-refractivity contribution >= 4 is 28.2 Å². The van der Waals surface area contributed by atoms with Crippen molar-refractivity contribution < 1.29 is 0 Å². The van der Waals surface area contributed by atoms with Crippen molar-refractivity contribution in [2.24, 2.45) is 0 Å². The van der Waals surface area contributed by atoms with Gasteiger partial charge in [-0.15, -0.1) is 0 Å². The maximum Gasteiger partial charge on any atom is 0.0741 e. The van der Waals surface area contributed by atoms with Crippen LogP contribution in [-0.4, -0.2) is 4.98 Å². The predicted octanol–water partition coefficient (Wildman–Crippen LogP) is 3.27. The molecule has 1 aliphatic rings. The summed E-state index contributed by atoms with van der Waals surface area (Å²) in [4.78, 5) is 4.65. The van der Waals surface area contributed by atoms with Gasteiger partial charge in [0.2, 0.25) is 0 Å². The molecular weight excluding hydrogens is 220 g/mol. The summed E-state index contributed by atoms with van der Waals surface area (Å²) >= 11 is 6.11. The van der Waals surface area contributed by atoms with E-state index in [4.69, 9.17) is 17.3 Å². The van der Waals surface area contributed by atoms with Gasteiger partial charge >= 0.3 is 0 Å². The Labute approximate surface area is 99.4 Å². The van der Waals surface area contributed by atoms with E-state index in [1.54, 1.807) is 0 Å². The Balaban J connectivity index is 2.41. The van der Waals surface area contributed by atoms with Crippen LogP contribution >= 0.6 is 11.6 Å². The van der Waals surface area contributed by atoms with Crippen molar-refractivity contribution in [1.82, 2.24) is 4.98 Å². The molecule has 2 N–H and O–H groups in total. The summed E-state index contributed by atoms with van der Waals surface area (Å²) in [6, 6.07) is 3.96. The minimum Gasteiger partial charge on any atom is -0.398 e. The number of nitrogens with zero attached hydrogens (tertiary/aromatic N) is 1. The smallest absolute Gasteiger partial charge is 0.0741 e. The van der Waals surface area contributed by atoms with Crippen molar-refractivity contribution in [2.75, 3.05) is 5.73 Å². The molecular formula is C13H13ClN2. The average molecular weight is 233 g/mol. The van der Waals surface area contributed by atoms with Crippen LogP contribution in [0.1, 0.15) is 23.2 Å². The molecule has 0 fully saturated rings. The van der Waals surface area contributed by atoms with E-state index >= 15 is 0 Å². The Morgan fingerprint density at radius 3 is 2.94 bits per heavy atom. The molecule has 1 aromatic heterocycles. The Morgan fingerprint density at radius 1 is 1.31 bits per heavy atom. The van der Waals surface area contributed by atoms with Crippen LogP contribution in [0.3, 0.4) is 0 Å². The van der Waals surface area contributed by atoms with E-state index in [0.29, 0.717) is 0 Å². The van der Waals surface area contributed by atoms with Crippen LogP contribution in [0.15, 0.2) is 12.1 Å². The van der Waals surface area contributed by atoms with Crippen molar-refractivity contribution in [3.05, 3.63) is 34.0 Å². The van der Waals surface area contributed by atoms with Crippen LogP contribution < -0.4 is 5.73 Å². The molecule has 0 radical (unpaired) electrons. The van der Waals surface area contributed by atoms with Crippen LogP contribution in [0.5, 0.6) is 0 Å². The first-order chi connectivity index (χ1) is 7.66. The lowest BCUT2D eigenvalue weighted by Crippen LogP contribution is -1.98. The third-order valence-electron chi connectivity index (χ3n) is 3.34. The summed E-state index contributed by atoms with van der Waals surface area (Å²) < 4.78 is 0. The van der Waals surface area contributed by atoms with Gasteiger partial charge < -0.3 is 5.73 Å². The standard InChI is InChI=1S/C13H13ClN2/c1-7-5-9-12(6-10(7)14)16-11-4-2-3-8(11)13(9)15/h5-6H,2-4H2,1H3,(H2,15,16). The fraction of sp³-hybridized carbons (Fsp3) is 0.308. The number of pyridine rings is 1. The molecule has 1 aromatic carbocycles. The highest BCUT2D eigenvalue weighted by molar-refractivity contribution is 6.32. The predicted molar refractivity (Wildman–Crippen MR) is 67.9 cm³/mol. The van der Waals surface area contributed by atoms with Crippen molar-refractivity contribution in [1.29, 1.82) is 0 Å². The number of anilines is 1. The number of hydrogen-bond acceptors (Lipinski definition) is 2. The number of aromatic nitrogens is 1. The monoisotopic (exact) mass is 232 g/mol. The van der Waals surface area contributed by atoms with Crippen LogP contribution in [0.4, 0.5) is 5.69 Å². The van der Waals surface area contributed by atoms with Gasteiger partial charge in [-0.25, -0.2) is 0 Å². The lowest BCUT2D eigenvalue weighted by atomic mass is 10.1. The Bertz CT molecular complexity index is 590. The first kappa shape index (κ1) is 9.91. The molecule has 0 bridgehead atoms. The van der Waals surface area contributed by atoms with Gasteiger partial charge in [0.15, 0.2) is 0 Å². The normalized spacial score (nSPS) is 14.4. The summed E-state index contributed by atoms with van der Waals surface area (Å²) in [5, 5.41) is 1.81. The summed E-state index contributed by atoms with van der Waals surface area (Å²) in [5.41, 5.74) is 11.5. The third kappa shape index (κ3) is 1.30. The zero-order valence-corrected chi connectivity index (χ0v) is 9.93. The first-order valence-electron chi connectivity index (χ1n) is 5.54. The quantitative estimate of drug-likeness (QED) is 0.757. The second-order valence-corrected chi connectivity index (χ2v) is 4.83. The van der Waals surface area contributed by atoms with Crippen molar-refractivity contribution in [3.8, 4) is 0 Å². The van der Waals surface area contributed by atoms with E-state index in [-0.39, 0.29) is 0 Å². The number of halogens is 1. The molecule has 0 amide bonds. The van der Waals surface area contributed by atoms with Crippen LogP contribution in [0, 0.1) is 6.92 Å². The van der Waals surface area contributed by atoms with Gasteiger partial charge in [-0.3, -0.25) is 4.98 Å². The van der Waals surface area contributed by atoms with Gasteiger partial charge in [-0.1, -0.05) is 11.6 Å². The van der Waals surface area contributed by atoms with Crippen LogP contribution in [0.25, 0.3) is 10.9 Å². The third-order valence-corrected chi connectivity index (χ3v) is 3.74. The van der Waals surface area contributed by atoms with Gasteiger partial charge in [0.05, 0.1) is 5.52 Å². The molecule has 1 heterocycles. The molecule has 0 unspecified atom stereocenters. The molecule has 2 aromatic rings. The fourth-order valence-electron chi connectivity index (χ4n) is 2.43. The Hall–Kier alpha value is -1.28. The highest BCUT2D eigenvalue weighted by Crippen LogP contribution is 2.33. The van der Waals surface area contributed by atoms with Crippen LogP contribution in [0.2, 0.25) is 5.02 Å². The molecule has 82 valence electrons. The maximum absolute atomic E-state index is 6.21. The average Bonchev–Trinajstić information content (AvgIpc) is 2.70. The summed E-state index contributed by atoms with van der Waals surface area (Å²) in [5.74, 6) is 0. The highest BCUT2D eigenvalue weighted by Gasteiger charge is 2.18. The number of hydrogen-bond donors (Lipinski definition) is 1. The zero-order chi connectivity index (χ0) is 11.3. The largest absolute Gasteiger partial charge is 0.398 e. The minimum absolute atomic E-state index is 0.761. The number of aryl methyl sites for hydroxylation is 2. The van der Waals surface area contributed by atoms with E-state index in [1.165, 1.54) is 5.56 Å². The van der Waals surface area contributed by atoms with Crippen LogP contribution in [-0.2, 0) is 12.8 Å². The molecule has 0 saturated carbocycles. The van der Waals surface area contributed by atoms with Crippen molar-refractivity contribution in [3.63, 3.8) is 0 Å². The lowest BCUT2D eigenvalue weighted by molar-refractivity contribution is 0.901. The Morgan fingerprint density at radius 2 is 2.12 bits per heavy atom. The van der Waals surface area contributed by atoms with Gasteiger partial charge in [-0.05, 0) is 49.4 Å². The molecule has 3 heteroatoms. The highest BCUT2D eigenvalue weighted by atomic mass is 35.5. The zero-order valence-electron chi connectivity index (χ0n) is 9.18. The van der Waals surface area contributed by atoms with Gasteiger partial charge in [0.25, 0.3) is 0 Å². The van der Waals surface area contributed by atoms with Gasteiger partial charge in [0.1, 0.15) is 0 Å². The molecule has 1 aliphatic carbocycles. The van der Waals surface area contributed by atoms with E-state index in [9.17, 15) is 0 Å². The molecule has 0 spiro atoms. The fourth-order valence-corrected chi connectivity index (χ4v) is 2.59. The van der Waals surface area contributed by atoms with Gasteiger partial charge in [0, 0.05) is 21.8 Å². The second-order valence-electron chi connectivity index (χ2n) is 4.42. The molecule has 0 atom stereocenters. The molecule has 16 heavy (non-hydrogen) atoms. The second kappa shape index (κ2) is 3.36. The number of rotatable bonds is 0. The summed E-state index contributed by atoms with van der Waals surface area (Å²) in [6.07, 6.45) is 3.27. The van der Waals surface area contributed by atoms with Crippen molar-refractivity contribution in [2.45, 2.75) is 26.2 Å². The molecule has 0 saturated heterocycles. The Kier molecular flexibility index (Phi) is 2.08. The minimum atomic E-state index is 0.761. The molecule has 0 aliphatic heterocycles. The maximum atomic E-state index is 6.21. The summed E-state index contributed by atoms with van der Waals surface area (Å²) in [7, 11) is 0. The van der Waals surface area contributed by atoms with E-state index in [0.717, 1.165) is 52.1 Å². The summed E-state index contributed by atoms with van der Waals surface area (Å²) in [6.45, 7) is 1.99. The molecule has 2 nitrogen and oxygen atoms in total. The lowest BCUT2D eigenvalue weighted by Gasteiger charge is -2.09. The van der Waals surface area contributed by atoms with E-state index < -0.39 is 0 Å². The van der Waals surface area contributed by atoms with Gasteiger partial charge in [-0.2, -0.15) is 0 Å². The topological polar surface area (TPSA) is 38.9 Å².